The molecule has 25 heavy (non-hydrogen) atoms. The van der Waals surface area contributed by atoms with Crippen molar-refractivity contribution < 1.29 is 13.6 Å². The van der Waals surface area contributed by atoms with Crippen molar-refractivity contribution in [2.45, 2.75) is 12.7 Å². The zero-order valence-electron chi connectivity index (χ0n) is 13.4. The van der Waals surface area contributed by atoms with Gasteiger partial charge in [0.2, 0.25) is 0 Å². The summed E-state index contributed by atoms with van der Waals surface area (Å²) in [6.07, 6.45) is 1.96. The van der Waals surface area contributed by atoms with E-state index in [-0.39, 0.29) is 6.23 Å². The Balaban J connectivity index is 1.84. The lowest BCUT2D eigenvalue weighted by molar-refractivity contribution is 0.213. The van der Waals surface area contributed by atoms with Crippen molar-refractivity contribution in [3.8, 4) is 11.5 Å². The average Bonchev–Trinajstić information content (AvgIpc) is 2.60. The van der Waals surface area contributed by atoms with Crippen molar-refractivity contribution in [3.05, 3.63) is 66.7 Å². The first kappa shape index (κ1) is 18.8. The van der Waals surface area contributed by atoms with E-state index in [9.17, 15) is 0 Å². The van der Waals surface area contributed by atoms with Crippen LogP contribution in [0, 0.1) is 0 Å². The van der Waals surface area contributed by atoms with E-state index in [1.165, 1.54) is 0 Å². The maximum atomic E-state index is 6.37. The molecule has 1 aliphatic heterocycles. The summed E-state index contributed by atoms with van der Waals surface area (Å²) >= 11 is 17.6. The molecule has 1 unspecified atom stereocenters. The second-order valence-electron chi connectivity index (χ2n) is 5.68. The van der Waals surface area contributed by atoms with Crippen LogP contribution in [0.3, 0.4) is 0 Å². The molecule has 1 atom stereocenters. The van der Waals surface area contributed by atoms with E-state index in [4.69, 9.17) is 46.8 Å². The smallest absolute Gasteiger partial charge is 0.437 e. The van der Waals surface area contributed by atoms with Crippen LogP contribution in [0.1, 0.15) is 5.56 Å². The van der Waals surface area contributed by atoms with E-state index in [1.54, 1.807) is 0 Å². The fourth-order valence-electron chi connectivity index (χ4n) is 2.67. The topological polar surface area (TPSA) is 27.7 Å². The quantitative estimate of drug-likeness (QED) is 0.377. The molecule has 0 bridgehead atoms. The van der Waals surface area contributed by atoms with Crippen molar-refractivity contribution >= 4 is 53.0 Å². The molecule has 0 spiro atoms. The first-order valence-electron chi connectivity index (χ1n) is 7.74. The van der Waals surface area contributed by atoms with Gasteiger partial charge < -0.3 is 13.6 Å². The van der Waals surface area contributed by atoms with Crippen LogP contribution in [0.15, 0.2) is 61.2 Å². The predicted molar refractivity (Wildman–Crippen MR) is 108 cm³/mol. The summed E-state index contributed by atoms with van der Waals surface area (Å²) in [7, 11) is -2.59. The van der Waals surface area contributed by atoms with Crippen LogP contribution >= 0.6 is 33.2 Å². The number of rotatable bonds is 6. The maximum absolute atomic E-state index is 6.37. The van der Waals surface area contributed by atoms with Gasteiger partial charge in [-0.25, -0.2) is 0 Å². The number of allylic oxidation sites excluding steroid dienone is 1. The Bertz CT molecular complexity index is 753. The van der Waals surface area contributed by atoms with Gasteiger partial charge in [0.25, 0.3) is 0 Å². The Morgan fingerprint density at radius 3 is 2.60 bits per heavy atom. The van der Waals surface area contributed by atoms with Gasteiger partial charge in [-0.1, -0.05) is 36.4 Å². The van der Waals surface area contributed by atoms with Crippen LogP contribution in [-0.4, -0.2) is 20.8 Å². The van der Waals surface area contributed by atoms with Gasteiger partial charge in [-0.3, -0.25) is 0 Å². The van der Waals surface area contributed by atoms with Gasteiger partial charge in [-0.05, 0) is 18.2 Å². The van der Waals surface area contributed by atoms with Crippen molar-refractivity contribution in [3.63, 3.8) is 0 Å². The fourth-order valence-corrected chi connectivity index (χ4v) is 6.29. The maximum Gasteiger partial charge on any atom is 0.437 e. The van der Waals surface area contributed by atoms with Gasteiger partial charge >= 0.3 is 14.6 Å². The summed E-state index contributed by atoms with van der Waals surface area (Å²) in [5.74, 6) is 1.45. The van der Waals surface area contributed by atoms with E-state index in [0.717, 1.165) is 16.5 Å². The minimum Gasteiger partial charge on any atom is -0.517 e. The molecular weight excluding hydrogens is 415 g/mol. The number of halogens is 3. The standard InChI is InChI=1S/C17H17Cl3O3Si2/c1-2-10-24(16-6-4-3-5-7-16)22-12-14-11-15(8-9-17(14)23-24)21-13-25(18,19)20/h2-9,11H,1,10,12-13H2. The highest BCUT2D eigenvalue weighted by atomic mass is 35.8. The summed E-state index contributed by atoms with van der Waals surface area (Å²) in [5.41, 5.74) is 0.923. The highest BCUT2D eigenvalue weighted by molar-refractivity contribution is 7.64. The van der Waals surface area contributed by atoms with Crippen molar-refractivity contribution in [1.82, 2.24) is 0 Å². The van der Waals surface area contributed by atoms with Crippen molar-refractivity contribution in [1.29, 1.82) is 0 Å². The van der Waals surface area contributed by atoms with Crippen LogP contribution in [0.2, 0.25) is 6.04 Å². The van der Waals surface area contributed by atoms with Crippen LogP contribution in [0.4, 0.5) is 0 Å². The molecule has 0 aromatic heterocycles. The Hall–Kier alpha value is -0.956. The van der Waals surface area contributed by atoms with Gasteiger partial charge in [0, 0.05) is 16.8 Å². The SMILES string of the molecule is C=CC[Si]1(c2ccccc2)OCc2cc(OC[Si](Cl)(Cl)Cl)ccc2O1. The number of fused-ring (bicyclic) bond motifs is 1. The molecule has 0 saturated heterocycles. The number of ether oxygens (including phenoxy) is 1. The van der Waals surface area contributed by atoms with Crippen LogP contribution in [0.5, 0.6) is 11.5 Å². The first-order valence-corrected chi connectivity index (χ1v) is 15.0. The lowest BCUT2D eigenvalue weighted by Crippen LogP contribution is -2.57. The summed E-state index contributed by atoms with van der Waals surface area (Å²) < 4.78 is 18.2. The summed E-state index contributed by atoms with van der Waals surface area (Å²) in [5, 5.41) is 1.09. The molecule has 2 aromatic carbocycles. The van der Waals surface area contributed by atoms with Gasteiger partial charge in [-0.2, -0.15) is 0 Å². The highest BCUT2D eigenvalue weighted by Crippen LogP contribution is 2.34. The Kier molecular flexibility index (Phi) is 5.83. The summed E-state index contributed by atoms with van der Waals surface area (Å²) in [4.78, 5) is 0. The molecule has 3 rings (SSSR count). The normalized spacial score (nSPS) is 19.6. The Morgan fingerprint density at radius 1 is 1.16 bits per heavy atom. The van der Waals surface area contributed by atoms with Crippen LogP contribution in [-0.2, 0) is 11.0 Å². The van der Waals surface area contributed by atoms with Crippen LogP contribution in [0.25, 0.3) is 0 Å². The van der Waals surface area contributed by atoms with Gasteiger partial charge in [-0.15, -0.1) is 39.8 Å². The van der Waals surface area contributed by atoms with Gasteiger partial charge in [0.15, 0.2) is 0 Å². The number of hydrogen-bond donors (Lipinski definition) is 0. The van der Waals surface area contributed by atoms with Crippen molar-refractivity contribution in [2.24, 2.45) is 0 Å². The fraction of sp³-hybridized carbons (Fsp3) is 0.176. The van der Waals surface area contributed by atoms with E-state index < -0.39 is 14.6 Å². The molecule has 0 fully saturated rings. The Labute approximate surface area is 163 Å². The van der Waals surface area contributed by atoms with E-state index in [0.29, 0.717) is 18.4 Å². The molecule has 3 nitrogen and oxygen atoms in total. The molecule has 0 amide bonds. The van der Waals surface area contributed by atoms with Gasteiger partial charge in [0.1, 0.15) is 17.7 Å². The Morgan fingerprint density at radius 2 is 1.92 bits per heavy atom. The molecular formula is C17H17Cl3O3Si2. The van der Waals surface area contributed by atoms with E-state index in [2.05, 4.69) is 6.58 Å². The number of benzene rings is 2. The third-order valence-electron chi connectivity index (χ3n) is 3.80. The molecule has 1 aliphatic rings. The lowest BCUT2D eigenvalue weighted by atomic mass is 10.2. The van der Waals surface area contributed by atoms with Crippen molar-refractivity contribution in [2.75, 3.05) is 6.23 Å². The molecule has 1 heterocycles. The third-order valence-corrected chi connectivity index (χ3v) is 8.45. The largest absolute Gasteiger partial charge is 0.517 e. The predicted octanol–water partition coefficient (Wildman–Crippen LogP) is 4.70. The molecule has 0 radical (unpaired) electrons. The number of hydrogen-bond acceptors (Lipinski definition) is 3. The third kappa shape index (κ3) is 4.61. The molecule has 0 N–H and O–H groups in total. The highest BCUT2D eigenvalue weighted by Gasteiger charge is 2.44. The summed E-state index contributed by atoms with van der Waals surface area (Å²) in [6.45, 7) is 4.31. The second kappa shape index (κ2) is 7.74. The van der Waals surface area contributed by atoms with Crippen LogP contribution < -0.4 is 14.3 Å². The van der Waals surface area contributed by atoms with E-state index in [1.807, 2.05) is 54.6 Å². The van der Waals surface area contributed by atoms with E-state index >= 15 is 0 Å². The molecule has 132 valence electrons. The summed E-state index contributed by atoms with van der Waals surface area (Å²) in [6, 6.07) is 13.5. The second-order valence-corrected chi connectivity index (χ2v) is 17.7. The minimum absolute atomic E-state index is 0.108. The zero-order chi connectivity index (χ0) is 17.9. The molecule has 2 aromatic rings. The first-order chi connectivity index (χ1) is 11.9. The monoisotopic (exact) mass is 430 g/mol. The molecule has 0 saturated carbocycles. The van der Waals surface area contributed by atoms with Gasteiger partial charge in [0.05, 0.1) is 6.61 Å². The molecule has 8 heteroatoms. The zero-order valence-corrected chi connectivity index (χ0v) is 17.7. The lowest BCUT2D eigenvalue weighted by Gasteiger charge is -2.35. The molecule has 0 aliphatic carbocycles. The average molecular weight is 432 g/mol. The minimum atomic E-state index is -2.83.